The van der Waals surface area contributed by atoms with Crippen LogP contribution in [-0.4, -0.2) is 205 Å². The zero-order valence-corrected chi connectivity index (χ0v) is 74.2. The number of benzene rings is 4. The van der Waals surface area contributed by atoms with Gasteiger partial charge in [0.05, 0.1) is 84.0 Å². The van der Waals surface area contributed by atoms with Crippen LogP contribution in [0.5, 0.6) is 0 Å². The molecule has 0 spiro atoms. The van der Waals surface area contributed by atoms with Crippen molar-refractivity contribution in [1.82, 2.24) is 94.0 Å². The zero-order chi connectivity index (χ0) is 88.2. The number of anilines is 9. The van der Waals surface area contributed by atoms with Crippen LogP contribution in [0.3, 0.4) is 0 Å². The number of aliphatic imine (C=N–C) groups is 3. The molecule has 2 aliphatic heterocycles. The Morgan fingerprint density at radius 2 is 1.12 bits per heavy atom. The molecule has 35 heteroatoms. The molecule has 4 aromatic carbocycles. The Bertz CT molecular complexity index is 5560. The van der Waals surface area contributed by atoms with Crippen molar-refractivity contribution >= 4 is 116 Å². The molecular formula is C89H118N30O4S. The lowest BCUT2D eigenvalue weighted by molar-refractivity contribution is 0.0577. The third kappa shape index (κ3) is 25.4. The first kappa shape index (κ1) is 91.8. The van der Waals surface area contributed by atoms with Gasteiger partial charge in [-0.15, -0.1) is 11.3 Å². The molecule has 4 atom stereocenters. The predicted molar refractivity (Wildman–Crippen MR) is 499 cm³/mol. The van der Waals surface area contributed by atoms with Gasteiger partial charge in [0, 0.05) is 109 Å². The number of nitrogens with zero attached hydrogens (tertiary/aromatic N) is 21. The molecule has 0 radical (unpaired) electrons. The number of aliphatic hydroxyl groups excluding tert-OH is 3. The highest BCUT2D eigenvalue weighted by Crippen LogP contribution is 2.32. The van der Waals surface area contributed by atoms with Crippen molar-refractivity contribution in [3.05, 3.63) is 204 Å². The van der Waals surface area contributed by atoms with E-state index in [1.54, 1.807) is 56.6 Å². The van der Waals surface area contributed by atoms with Crippen LogP contribution >= 0.6 is 11.3 Å². The van der Waals surface area contributed by atoms with E-state index in [2.05, 4.69) is 218 Å². The van der Waals surface area contributed by atoms with E-state index < -0.39 is 5.60 Å². The summed E-state index contributed by atoms with van der Waals surface area (Å²) in [4.78, 5) is 77.8. The standard InChI is InChI=1S/C20H29N7O.C19H28N6O.C18H24N6O.C17H19N5S.C15H18N6O/c1-6-15(20(4,5)28)24-19-25-17(22-11-14-8-7-9-21-10-14)16-18(26-19)27(12-23-16)13(2)3;1-4-15(11-26)22-19-23-17(20-10-14-8-6-5-7-9-14)16-18(24-19)25(12-21-16)13(2)3;1-13(2)24-12-21-15-16(20-11-14-7-4-3-5-8-14)22-18(23-17(15)24)19-9-6-10-25;1-11-16(23-12(2)19-11)15-9-10-18-17(21-15)20-13-5-7-14(8-6-13)22(3)4;1-21-10-18-12-13(17-9-11-5-3-2-4-6-11)19-15(16-7-8-22)20-14(12)21/h7-10,12-13,15,28H,6,11H2,1-5H3,(H2,22,24,25,26);5-9,12-13,15-16,18,26H,4,10-11H2,1-3H3,(H2,20,22,23,24);3-5,7-8,12-13,25H,6,9-11H2,1-2H3,(H2,19,20,22,23);5-10H,1-4H3,(H,18,20,21);2-6,10,22H,7-9H2,1H3,(H2,16,17,19,20)/t15-;;;;/m1..../s1. The number of aliphatic hydroxyl groups is 4. The fourth-order valence-corrected chi connectivity index (χ4v) is 14.0. The number of hydrogen-bond acceptors (Lipinski definition) is 31. The molecule has 124 heavy (non-hydrogen) atoms. The van der Waals surface area contributed by atoms with Crippen LogP contribution < -0.4 is 52.8 Å². The predicted octanol–water partition coefficient (Wildman–Crippen LogP) is 12.9. The number of thiazole rings is 1. The Kier molecular flexibility index (Phi) is 33.1. The summed E-state index contributed by atoms with van der Waals surface area (Å²) >= 11 is 1.65. The topological polar surface area (TPSA) is 415 Å². The van der Waals surface area contributed by atoms with Gasteiger partial charge in [0.2, 0.25) is 23.8 Å². The number of fused-ring (bicyclic) bond motifs is 4. The average molecular weight is 1700 g/mol. The Morgan fingerprint density at radius 1 is 0.565 bits per heavy atom. The van der Waals surface area contributed by atoms with E-state index in [-0.39, 0.29) is 56.2 Å². The van der Waals surface area contributed by atoms with Gasteiger partial charge in [-0.25, -0.2) is 34.9 Å². The van der Waals surface area contributed by atoms with E-state index in [9.17, 15) is 10.2 Å². The van der Waals surface area contributed by atoms with Gasteiger partial charge in [0.1, 0.15) is 11.9 Å². The largest absolute Gasteiger partial charge is 0.396 e. The molecule has 13 aromatic rings. The lowest BCUT2D eigenvalue weighted by atomic mass is 9.97. The normalized spacial score (nSPS) is 14.2. The maximum Gasteiger partial charge on any atom is 0.227 e. The Balaban J connectivity index is 0.000000151. The molecule has 0 saturated carbocycles. The minimum Gasteiger partial charge on any atom is -0.396 e. The van der Waals surface area contributed by atoms with Crippen LogP contribution in [0.4, 0.5) is 52.6 Å². The molecule has 34 nitrogen and oxygen atoms in total. The highest BCUT2D eigenvalue weighted by molar-refractivity contribution is 7.15. The maximum atomic E-state index is 10.4. The number of guanidine groups is 1. The summed E-state index contributed by atoms with van der Waals surface area (Å²) in [6.07, 6.45) is 14.6. The van der Waals surface area contributed by atoms with Crippen LogP contribution in [0, 0.1) is 13.8 Å². The van der Waals surface area contributed by atoms with Crippen molar-refractivity contribution in [2.75, 3.05) is 89.1 Å². The summed E-state index contributed by atoms with van der Waals surface area (Å²) in [5.74, 6) is 5.57. The molecule has 0 aliphatic carbocycles. The maximum absolute atomic E-state index is 10.4. The summed E-state index contributed by atoms with van der Waals surface area (Å²) in [7, 11) is 5.93. The van der Waals surface area contributed by atoms with Crippen molar-refractivity contribution in [2.24, 2.45) is 22.0 Å². The molecule has 0 amide bonds. The van der Waals surface area contributed by atoms with Crippen LogP contribution in [0.25, 0.3) is 44.1 Å². The van der Waals surface area contributed by atoms with E-state index in [0.717, 1.165) is 102 Å². The summed E-state index contributed by atoms with van der Waals surface area (Å²) in [6.45, 7) is 28.0. The highest BCUT2D eigenvalue weighted by atomic mass is 32.1. The molecule has 0 saturated heterocycles. The third-order valence-electron chi connectivity index (χ3n) is 20.0. The number of hydrogen-bond donors (Lipinski definition) is 13. The second-order valence-corrected chi connectivity index (χ2v) is 32.4. The fourth-order valence-electron chi connectivity index (χ4n) is 13.1. The monoisotopic (exact) mass is 1700 g/mol. The minimum atomic E-state index is -0.894. The van der Waals surface area contributed by atoms with Crippen molar-refractivity contribution in [2.45, 2.75) is 177 Å². The molecule has 11 heterocycles. The lowest BCUT2D eigenvalue weighted by Gasteiger charge is -2.33. The molecule has 0 bridgehead atoms. The summed E-state index contributed by atoms with van der Waals surface area (Å²) in [6, 6.07) is 44.8. The van der Waals surface area contributed by atoms with Gasteiger partial charge < -0.3 is 91.8 Å². The Labute approximate surface area is 728 Å². The number of pyridine rings is 1. The van der Waals surface area contributed by atoms with Crippen LogP contribution in [0.1, 0.15) is 134 Å². The first-order valence-electron chi connectivity index (χ1n) is 41.9. The molecule has 0 fully saturated rings. The zero-order valence-electron chi connectivity index (χ0n) is 73.4. The molecule has 2 aliphatic rings. The van der Waals surface area contributed by atoms with Gasteiger partial charge >= 0.3 is 0 Å². The van der Waals surface area contributed by atoms with Gasteiger partial charge in [-0.3, -0.25) is 15.0 Å². The molecule has 3 unspecified atom stereocenters. The summed E-state index contributed by atoms with van der Waals surface area (Å²) < 4.78 is 5.89. The van der Waals surface area contributed by atoms with E-state index in [1.807, 2.05) is 160 Å². The quantitative estimate of drug-likeness (QED) is 0.0174. The summed E-state index contributed by atoms with van der Waals surface area (Å²) in [5, 5.41) is 68.1. The van der Waals surface area contributed by atoms with Crippen molar-refractivity contribution in [3.8, 4) is 10.6 Å². The Morgan fingerprint density at radius 3 is 1.65 bits per heavy atom. The average Bonchev–Trinajstić information content (AvgIpc) is 1.64. The van der Waals surface area contributed by atoms with Gasteiger partial charge in [-0.2, -0.15) is 29.9 Å². The molecule has 15 rings (SSSR count). The number of aromatic nitrogens is 16. The molecule has 654 valence electrons. The second-order valence-electron chi connectivity index (χ2n) is 31.2. The van der Waals surface area contributed by atoms with Crippen LogP contribution in [-0.2, 0) is 33.2 Å². The molecular weight excluding hydrogens is 1590 g/mol. The van der Waals surface area contributed by atoms with Crippen LogP contribution in [0.2, 0.25) is 0 Å². The van der Waals surface area contributed by atoms with Crippen LogP contribution in [0.15, 0.2) is 186 Å². The van der Waals surface area contributed by atoms with Gasteiger partial charge in [-0.05, 0) is 147 Å². The second kappa shape index (κ2) is 44.7. The first-order valence-corrected chi connectivity index (χ1v) is 42.7. The smallest absolute Gasteiger partial charge is 0.227 e. The summed E-state index contributed by atoms with van der Waals surface area (Å²) in [5.41, 5.74) is 12.2. The van der Waals surface area contributed by atoms with E-state index in [1.165, 1.54) is 5.56 Å². The Hall–Kier alpha value is -13.0. The molecule has 9 aromatic heterocycles. The van der Waals surface area contributed by atoms with Gasteiger partial charge in [-0.1, -0.05) is 111 Å². The number of imidazole rings is 3. The van der Waals surface area contributed by atoms with Crippen molar-refractivity contribution < 1.29 is 20.4 Å². The van der Waals surface area contributed by atoms with Gasteiger partial charge in [0.15, 0.2) is 63.1 Å². The minimum absolute atomic E-state index is 0.0273. The SMILES string of the molecule is CC(C)n1cnc2c(NCc3ccccc3)nc(NCCCO)nc21.CCC(CO)NC1=NC2C(N=CN2C(C)C)C(=NCc2ccccc2)N1.CC[C@@H](Nc1nc(NCc2cccnc2)c2ncn(C(C)C)c2n1)C(C)(C)O.Cc1nc(C)c(-c2ccnc(Nc3ccc(N(C)C)cc3)n2)s1.Cn1cnc2c(NCc3ccccc3)nc(NCCO)nc21. The van der Waals surface area contributed by atoms with E-state index in [0.29, 0.717) is 98.9 Å². The van der Waals surface area contributed by atoms with Crippen molar-refractivity contribution in [3.63, 3.8) is 0 Å². The number of rotatable bonds is 32. The third-order valence-corrected chi connectivity index (χ3v) is 21.1. The van der Waals surface area contributed by atoms with E-state index in [4.69, 9.17) is 20.2 Å². The lowest BCUT2D eigenvalue weighted by Crippen LogP contribution is -2.57. The highest BCUT2D eigenvalue weighted by Gasteiger charge is 2.40. The van der Waals surface area contributed by atoms with Gasteiger partial charge in [0.25, 0.3) is 0 Å². The molecule has 13 N–H and O–H groups in total. The number of amidine groups is 1. The first-order chi connectivity index (χ1) is 59.9. The number of aryl methyl sites for hydroxylation is 3. The van der Waals surface area contributed by atoms with Crippen molar-refractivity contribution in [1.29, 1.82) is 0 Å². The van der Waals surface area contributed by atoms with E-state index >= 15 is 0 Å². The number of nitrogens with one attached hydrogen (secondary N) is 9. The fraction of sp³-hybridized carbons (Fsp3) is 0.393.